The number of nitrogens with two attached hydrogens (primary N) is 1. The minimum Gasteiger partial charge on any atom is -0.492 e. The Bertz CT molecular complexity index is 498. The summed E-state index contributed by atoms with van der Waals surface area (Å²) in [5.74, 6) is 0.752. The quantitative estimate of drug-likeness (QED) is 0.903. The van der Waals surface area contributed by atoms with E-state index < -0.39 is 0 Å². The zero-order valence-electron chi connectivity index (χ0n) is 9.88. The van der Waals surface area contributed by atoms with Gasteiger partial charge in [0.2, 0.25) is 0 Å². The Kier molecular flexibility index (Phi) is 3.71. The Labute approximate surface area is 104 Å². The number of thiazole rings is 1. The fourth-order valence-corrected chi connectivity index (χ4v) is 2.44. The fourth-order valence-electron chi connectivity index (χ4n) is 1.61. The predicted molar refractivity (Wildman–Crippen MR) is 68.3 cm³/mol. The van der Waals surface area contributed by atoms with Crippen LogP contribution in [0.1, 0.15) is 29.1 Å². The Morgan fingerprint density at radius 3 is 2.94 bits per heavy atom. The maximum absolute atomic E-state index is 6.20. The predicted octanol–water partition coefficient (Wildman–Crippen LogP) is 2.29. The van der Waals surface area contributed by atoms with Gasteiger partial charge in [0, 0.05) is 11.1 Å². The molecule has 0 bridgehead atoms. The summed E-state index contributed by atoms with van der Waals surface area (Å²) in [6, 6.07) is 1.75. The van der Waals surface area contributed by atoms with Gasteiger partial charge in [-0.15, -0.1) is 11.3 Å². The molecular weight excluding hydrogens is 234 g/mol. The summed E-state index contributed by atoms with van der Waals surface area (Å²) in [7, 11) is 0. The lowest BCUT2D eigenvalue weighted by Gasteiger charge is -2.11. The standard InChI is InChI=1S/C12H15N3OS/c1-3-16-10-4-9(5-14-6-10)11(13)12-8(2)15-7-17-12/h4-7,11H,3,13H2,1-2H3. The van der Waals surface area contributed by atoms with Crippen LogP contribution in [0.25, 0.3) is 0 Å². The third-order valence-corrected chi connectivity index (χ3v) is 3.48. The van der Waals surface area contributed by atoms with Gasteiger partial charge in [-0.2, -0.15) is 0 Å². The van der Waals surface area contributed by atoms with Crippen molar-refractivity contribution in [1.29, 1.82) is 0 Å². The number of aromatic nitrogens is 2. The zero-order valence-corrected chi connectivity index (χ0v) is 10.7. The number of ether oxygens (including phenoxy) is 1. The second kappa shape index (κ2) is 5.25. The maximum Gasteiger partial charge on any atom is 0.137 e. The smallest absolute Gasteiger partial charge is 0.137 e. The molecule has 2 aromatic heterocycles. The lowest BCUT2D eigenvalue weighted by Crippen LogP contribution is -2.12. The van der Waals surface area contributed by atoms with Crippen LogP contribution in [-0.2, 0) is 0 Å². The number of nitrogens with zero attached hydrogens (tertiary/aromatic N) is 2. The summed E-state index contributed by atoms with van der Waals surface area (Å²) in [6.45, 7) is 4.53. The summed E-state index contributed by atoms with van der Waals surface area (Å²) in [6.07, 6.45) is 3.46. The van der Waals surface area contributed by atoms with Crippen LogP contribution in [-0.4, -0.2) is 16.6 Å². The molecule has 0 spiro atoms. The molecule has 17 heavy (non-hydrogen) atoms. The second-order valence-electron chi connectivity index (χ2n) is 3.67. The van der Waals surface area contributed by atoms with Crippen molar-refractivity contribution in [3.8, 4) is 5.75 Å². The van der Waals surface area contributed by atoms with Crippen molar-refractivity contribution in [2.24, 2.45) is 5.73 Å². The van der Waals surface area contributed by atoms with Crippen LogP contribution in [0.2, 0.25) is 0 Å². The van der Waals surface area contributed by atoms with Gasteiger partial charge in [-0.25, -0.2) is 4.98 Å². The minimum atomic E-state index is -0.185. The van der Waals surface area contributed by atoms with Crippen molar-refractivity contribution in [1.82, 2.24) is 9.97 Å². The average molecular weight is 249 g/mol. The number of rotatable bonds is 4. The van der Waals surface area contributed by atoms with Crippen molar-refractivity contribution < 1.29 is 4.74 Å². The molecule has 0 aliphatic carbocycles. The maximum atomic E-state index is 6.20. The molecule has 90 valence electrons. The summed E-state index contributed by atoms with van der Waals surface area (Å²) < 4.78 is 5.41. The van der Waals surface area contributed by atoms with Gasteiger partial charge in [0.15, 0.2) is 0 Å². The first kappa shape index (κ1) is 12.0. The number of hydrogen-bond acceptors (Lipinski definition) is 5. The van der Waals surface area contributed by atoms with Crippen LogP contribution in [0.3, 0.4) is 0 Å². The second-order valence-corrected chi connectivity index (χ2v) is 4.55. The summed E-state index contributed by atoms with van der Waals surface area (Å²) in [5, 5.41) is 0. The van der Waals surface area contributed by atoms with Crippen LogP contribution in [0.15, 0.2) is 24.0 Å². The van der Waals surface area contributed by atoms with Gasteiger partial charge in [-0.1, -0.05) is 0 Å². The molecular formula is C12H15N3OS. The van der Waals surface area contributed by atoms with Crippen LogP contribution in [0.5, 0.6) is 5.75 Å². The van der Waals surface area contributed by atoms with Gasteiger partial charge < -0.3 is 10.5 Å². The van der Waals surface area contributed by atoms with E-state index in [2.05, 4.69) is 9.97 Å². The van der Waals surface area contributed by atoms with E-state index in [0.717, 1.165) is 21.9 Å². The molecule has 2 N–H and O–H groups in total. The van der Waals surface area contributed by atoms with E-state index in [9.17, 15) is 0 Å². The first-order valence-electron chi connectivity index (χ1n) is 5.45. The lowest BCUT2D eigenvalue weighted by atomic mass is 10.1. The molecule has 0 aliphatic heterocycles. The molecule has 1 atom stereocenters. The topological polar surface area (TPSA) is 61.0 Å². The highest BCUT2D eigenvalue weighted by Gasteiger charge is 2.14. The monoisotopic (exact) mass is 249 g/mol. The van der Waals surface area contributed by atoms with Crippen molar-refractivity contribution in [2.45, 2.75) is 19.9 Å². The molecule has 0 aliphatic rings. The summed E-state index contributed by atoms with van der Waals surface area (Å²) in [5.41, 5.74) is 9.94. The van der Waals surface area contributed by atoms with Gasteiger partial charge in [-0.3, -0.25) is 4.98 Å². The number of pyridine rings is 1. The molecule has 2 heterocycles. The molecule has 2 aromatic rings. The van der Waals surface area contributed by atoms with Crippen LogP contribution < -0.4 is 10.5 Å². The van der Waals surface area contributed by atoms with Gasteiger partial charge in [0.05, 0.1) is 30.1 Å². The van der Waals surface area contributed by atoms with E-state index in [1.807, 2.05) is 25.4 Å². The van der Waals surface area contributed by atoms with Crippen molar-refractivity contribution >= 4 is 11.3 Å². The third kappa shape index (κ3) is 2.62. The van der Waals surface area contributed by atoms with E-state index in [1.165, 1.54) is 0 Å². The molecule has 5 heteroatoms. The first-order chi connectivity index (χ1) is 8.22. The Hall–Kier alpha value is -1.46. The van der Waals surface area contributed by atoms with E-state index in [0.29, 0.717) is 6.61 Å². The zero-order chi connectivity index (χ0) is 12.3. The molecule has 1 unspecified atom stereocenters. The van der Waals surface area contributed by atoms with Crippen LogP contribution in [0, 0.1) is 6.92 Å². The molecule has 0 saturated heterocycles. The highest BCUT2D eigenvalue weighted by Crippen LogP contribution is 2.27. The van der Waals surface area contributed by atoms with E-state index >= 15 is 0 Å². The average Bonchev–Trinajstić information content (AvgIpc) is 2.75. The van der Waals surface area contributed by atoms with E-state index in [-0.39, 0.29) is 6.04 Å². The van der Waals surface area contributed by atoms with Gasteiger partial charge in [0.1, 0.15) is 5.75 Å². The van der Waals surface area contributed by atoms with Gasteiger partial charge in [0.25, 0.3) is 0 Å². The Balaban J connectivity index is 2.28. The van der Waals surface area contributed by atoms with Crippen LogP contribution >= 0.6 is 11.3 Å². The largest absolute Gasteiger partial charge is 0.492 e. The number of hydrogen-bond donors (Lipinski definition) is 1. The third-order valence-electron chi connectivity index (χ3n) is 2.47. The van der Waals surface area contributed by atoms with Crippen LogP contribution in [0.4, 0.5) is 0 Å². The van der Waals surface area contributed by atoms with E-state index in [4.69, 9.17) is 10.5 Å². The summed E-state index contributed by atoms with van der Waals surface area (Å²) in [4.78, 5) is 9.42. The fraction of sp³-hybridized carbons (Fsp3) is 0.333. The summed E-state index contributed by atoms with van der Waals surface area (Å²) >= 11 is 1.57. The Morgan fingerprint density at radius 1 is 1.47 bits per heavy atom. The SMILES string of the molecule is CCOc1cncc(C(N)c2scnc2C)c1. The molecule has 0 radical (unpaired) electrons. The van der Waals surface area contributed by atoms with Crippen molar-refractivity contribution in [2.75, 3.05) is 6.61 Å². The van der Waals surface area contributed by atoms with Gasteiger partial charge in [-0.05, 0) is 25.5 Å². The normalized spacial score (nSPS) is 12.4. The lowest BCUT2D eigenvalue weighted by molar-refractivity contribution is 0.338. The Morgan fingerprint density at radius 2 is 2.29 bits per heavy atom. The minimum absolute atomic E-state index is 0.185. The van der Waals surface area contributed by atoms with Crippen molar-refractivity contribution in [3.05, 3.63) is 40.1 Å². The molecule has 0 amide bonds. The molecule has 0 fully saturated rings. The molecule has 2 rings (SSSR count). The molecule has 0 aromatic carbocycles. The highest BCUT2D eigenvalue weighted by molar-refractivity contribution is 7.09. The van der Waals surface area contributed by atoms with Gasteiger partial charge >= 0.3 is 0 Å². The molecule has 0 saturated carbocycles. The molecule has 4 nitrogen and oxygen atoms in total. The van der Waals surface area contributed by atoms with E-state index in [1.54, 1.807) is 23.7 Å². The first-order valence-corrected chi connectivity index (χ1v) is 6.33. The highest BCUT2D eigenvalue weighted by atomic mass is 32.1. The number of aryl methyl sites for hydroxylation is 1. The van der Waals surface area contributed by atoms with Crippen molar-refractivity contribution in [3.63, 3.8) is 0 Å².